The summed E-state index contributed by atoms with van der Waals surface area (Å²) in [5.74, 6) is -1.80. The van der Waals surface area contributed by atoms with Gasteiger partial charge in [0, 0.05) is 11.8 Å². The van der Waals surface area contributed by atoms with Crippen LogP contribution in [0.5, 0.6) is 11.5 Å². The number of phenolic OH excluding ortho intramolecular Hbond substituents is 1. The summed E-state index contributed by atoms with van der Waals surface area (Å²) in [5.41, 5.74) is 0.443. The molecule has 0 atom stereocenters. The highest BCUT2D eigenvalue weighted by Gasteiger charge is 2.39. The summed E-state index contributed by atoms with van der Waals surface area (Å²) < 4.78 is 10.3. The normalized spacial score (nSPS) is 18.0. The van der Waals surface area contributed by atoms with Gasteiger partial charge in [-0.05, 0) is 31.2 Å². The third-order valence-corrected chi connectivity index (χ3v) is 6.30. The summed E-state index contributed by atoms with van der Waals surface area (Å²) in [6, 6.07) is 13.4. The predicted octanol–water partition coefficient (Wildman–Crippen LogP) is 3.45. The highest BCUT2D eigenvalue weighted by atomic mass is 32.2. The molecule has 11 heteroatoms. The average molecular weight is 510 g/mol. The molecular weight excluding hydrogens is 490 g/mol. The zero-order chi connectivity index (χ0) is 25.1. The number of carbonyl (C=O) groups excluding carboxylic acids is 3. The van der Waals surface area contributed by atoms with Gasteiger partial charge >= 0.3 is 5.97 Å². The maximum absolute atomic E-state index is 13.2. The lowest BCUT2D eigenvalue weighted by Crippen LogP contribution is -2.28. The first-order chi connectivity index (χ1) is 16.8. The minimum atomic E-state index is -0.798. The highest BCUT2D eigenvalue weighted by molar-refractivity contribution is 8.26. The largest absolute Gasteiger partial charge is 0.504 e. The number of nitrogens with zero attached hydrogens (tertiary/aromatic N) is 3. The zero-order valence-electron chi connectivity index (χ0n) is 18.6. The molecule has 178 valence electrons. The number of phenols is 1. The SMILES string of the molecule is CCOC(=O)C1=NN(c2ccccc2)C(=O)/C1=C\N1C(=O)/C(=C/c2cccc(OC)c2O)SC1=S. The van der Waals surface area contributed by atoms with Crippen LogP contribution in [0.25, 0.3) is 6.08 Å². The van der Waals surface area contributed by atoms with Crippen LogP contribution in [0.3, 0.4) is 0 Å². The summed E-state index contributed by atoms with van der Waals surface area (Å²) in [7, 11) is 1.42. The van der Waals surface area contributed by atoms with Gasteiger partial charge in [0.05, 0.1) is 29.9 Å². The number of hydrogen-bond donors (Lipinski definition) is 1. The minimum Gasteiger partial charge on any atom is -0.504 e. The third kappa shape index (κ3) is 4.68. The van der Waals surface area contributed by atoms with Gasteiger partial charge in [-0.3, -0.25) is 14.5 Å². The minimum absolute atomic E-state index is 0.0818. The zero-order valence-corrected chi connectivity index (χ0v) is 20.3. The fraction of sp³-hybridized carbons (Fsp3) is 0.125. The number of anilines is 1. The van der Waals surface area contributed by atoms with Gasteiger partial charge in [-0.25, -0.2) is 4.79 Å². The van der Waals surface area contributed by atoms with Gasteiger partial charge < -0.3 is 14.6 Å². The molecule has 0 saturated carbocycles. The quantitative estimate of drug-likeness (QED) is 0.358. The summed E-state index contributed by atoms with van der Waals surface area (Å²) >= 11 is 6.35. The number of ether oxygens (including phenoxy) is 2. The number of hydrazone groups is 1. The lowest BCUT2D eigenvalue weighted by molar-refractivity contribution is -0.135. The van der Waals surface area contributed by atoms with E-state index in [2.05, 4.69) is 5.10 Å². The third-order valence-electron chi connectivity index (χ3n) is 4.97. The van der Waals surface area contributed by atoms with Crippen LogP contribution in [0.4, 0.5) is 5.69 Å². The number of rotatable bonds is 6. The number of amides is 2. The number of thioether (sulfide) groups is 1. The van der Waals surface area contributed by atoms with E-state index in [1.165, 1.54) is 19.4 Å². The van der Waals surface area contributed by atoms with E-state index in [0.29, 0.717) is 11.3 Å². The topological polar surface area (TPSA) is 109 Å². The Kier molecular flexibility index (Phi) is 6.99. The Balaban J connectivity index is 1.70. The molecule has 1 saturated heterocycles. The Labute approximate surface area is 210 Å². The molecule has 0 unspecified atom stereocenters. The second kappa shape index (κ2) is 10.1. The molecule has 2 aromatic carbocycles. The molecule has 35 heavy (non-hydrogen) atoms. The monoisotopic (exact) mass is 509 g/mol. The van der Waals surface area contributed by atoms with Crippen molar-refractivity contribution in [2.75, 3.05) is 18.7 Å². The molecule has 1 N–H and O–H groups in total. The molecule has 0 radical (unpaired) electrons. The van der Waals surface area contributed by atoms with Gasteiger partial charge in [-0.1, -0.05) is 54.3 Å². The van der Waals surface area contributed by atoms with E-state index in [1.807, 2.05) is 0 Å². The summed E-state index contributed by atoms with van der Waals surface area (Å²) in [6.45, 7) is 1.72. The van der Waals surface area contributed by atoms with Crippen molar-refractivity contribution in [2.24, 2.45) is 5.10 Å². The standard InChI is InChI=1S/C24H19N3O6S2/c1-3-33-23(31)19-16(21(29)27(25-19)15-9-5-4-6-10-15)13-26-22(30)18(35-24(26)34)12-14-8-7-11-17(32-2)20(14)28/h4-13,28H,3H2,1-2H3/b16-13-,18-12-. The molecule has 2 amide bonds. The van der Waals surface area contributed by atoms with Crippen LogP contribution in [-0.4, -0.2) is 51.5 Å². The van der Waals surface area contributed by atoms with Crippen LogP contribution >= 0.6 is 24.0 Å². The van der Waals surface area contributed by atoms with Gasteiger partial charge in [0.25, 0.3) is 11.8 Å². The van der Waals surface area contributed by atoms with E-state index in [-0.39, 0.29) is 38.6 Å². The Hall–Kier alpha value is -3.96. The number of carbonyl (C=O) groups is 3. The molecule has 0 bridgehead atoms. The Morgan fingerprint density at radius 3 is 2.57 bits per heavy atom. The van der Waals surface area contributed by atoms with Crippen LogP contribution in [0.2, 0.25) is 0 Å². The number of para-hydroxylation sites is 2. The molecule has 1 fully saturated rings. The molecule has 4 rings (SSSR count). The second-order valence-electron chi connectivity index (χ2n) is 7.11. The Bertz CT molecular complexity index is 1320. The van der Waals surface area contributed by atoms with Crippen LogP contribution in [0, 0.1) is 0 Å². The van der Waals surface area contributed by atoms with Gasteiger partial charge in [-0.15, -0.1) is 0 Å². The van der Waals surface area contributed by atoms with Crippen molar-refractivity contribution in [1.82, 2.24) is 4.90 Å². The first-order valence-corrected chi connectivity index (χ1v) is 11.6. The van der Waals surface area contributed by atoms with Crippen molar-refractivity contribution in [3.63, 3.8) is 0 Å². The van der Waals surface area contributed by atoms with Crippen molar-refractivity contribution < 1.29 is 29.0 Å². The summed E-state index contributed by atoms with van der Waals surface area (Å²) in [5, 5.41) is 15.6. The number of esters is 1. The van der Waals surface area contributed by atoms with E-state index in [0.717, 1.165) is 21.7 Å². The summed E-state index contributed by atoms with van der Waals surface area (Å²) in [6.07, 6.45) is 2.67. The molecule has 0 aliphatic carbocycles. The molecule has 2 heterocycles. The van der Waals surface area contributed by atoms with E-state index in [4.69, 9.17) is 21.7 Å². The molecule has 2 aliphatic heterocycles. The molecule has 9 nitrogen and oxygen atoms in total. The Morgan fingerprint density at radius 1 is 1.14 bits per heavy atom. The fourth-order valence-corrected chi connectivity index (χ4v) is 4.51. The van der Waals surface area contributed by atoms with Gasteiger partial charge in [0.2, 0.25) is 0 Å². The van der Waals surface area contributed by atoms with E-state index in [1.54, 1.807) is 55.5 Å². The van der Waals surface area contributed by atoms with Crippen molar-refractivity contribution >= 4 is 63.6 Å². The van der Waals surface area contributed by atoms with Gasteiger partial charge in [0.15, 0.2) is 21.5 Å². The van der Waals surface area contributed by atoms with Crippen molar-refractivity contribution in [2.45, 2.75) is 6.92 Å². The van der Waals surface area contributed by atoms with E-state index < -0.39 is 17.8 Å². The number of thiocarbonyl (C=S) groups is 1. The number of methoxy groups -OCH3 is 1. The van der Waals surface area contributed by atoms with Crippen LogP contribution in [-0.2, 0) is 19.1 Å². The van der Waals surface area contributed by atoms with Crippen LogP contribution in [0.15, 0.2) is 70.3 Å². The molecule has 0 spiro atoms. The number of aromatic hydroxyl groups is 1. The fourth-order valence-electron chi connectivity index (χ4n) is 3.31. The van der Waals surface area contributed by atoms with Crippen LogP contribution in [0.1, 0.15) is 12.5 Å². The van der Waals surface area contributed by atoms with Crippen molar-refractivity contribution in [3.05, 3.63) is 70.8 Å². The predicted molar refractivity (Wildman–Crippen MR) is 136 cm³/mol. The maximum atomic E-state index is 13.2. The van der Waals surface area contributed by atoms with E-state index >= 15 is 0 Å². The summed E-state index contributed by atoms with van der Waals surface area (Å²) in [4.78, 5) is 40.2. The van der Waals surface area contributed by atoms with Gasteiger partial charge in [0.1, 0.15) is 0 Å². The maximum Gasteiger partial charge on any atom is 0.359 e. The van der Waals surface area contributed by atoms with E-state index in [9.17, 15) is 19.5 Å². The lowest BCUT2D eigenvalue weighted by Gasteiger charge is -2.12. The van der Waals surface area contributed by atoms with Crippen LogP contribution < -0.4 is 9.75 Å². The van der Waals surface area contributed by atoms with Crippen molar-refractivity contribution in [3.8, 4) is 11.5 Å². The molecular formula is C24H19N3O6S2. The lowest BCUT2D eigenvalue weighted by atomic mass is 10.1. The molecule has 0 aromatic heterocycles. The van der Waals surface area contributed by atoms with Crippen molar-refractivity contribution in [1.29, 1.82) is 0 Å². The average Bonchev–Trinajstić information content (AvgIpc) is 3.32. The number of benzene rings is 2. The highest BCUT2D eigenvalue weighted by Crippen LogP contribution is 2.37. The smallest absolute Gasteiger partial charge is 0.359 e. The Morgan fingerprint density at radius 2 is 1.89 bits per heavy atom. The second-order valence-corrected chi connectivity index (χ2v) is 8.79. The first-order valence-electron chi connectivity index (χ1n) is 10.4. The first kappa shape index (κ1) is 24.2. The number of hydrogen-bond acceptors (Lipinski definition) is 9. The molecule has 2 aliphatic rings. The molecule has 2 aromatic rings. The van der Waals surface area contributed by atoms with Gasteiger partial charge in [-0.2, -0.15) is 10.1 Å².